The average Bonchev–Trinajstić information content (AvgIpc) is 2.43. The molecular formula is C15H21NO3. The Bertz CT molecular complexity index is 433. The Labute approximate surface area is 114 Å². The second-order valence-corrected chi connectivity index (χ2v) is 4.78. The Morgan fingerprint density at radius 3 is 2.84 bits per heavy atom. The van der Waals surface area contributed by atoms with Gasteiger partial charge in [0.25, 0.3) is 5.91 Å². The highest BCUT2D eigenvalue weighted by Gasteiger charge is 2.33. The summed E-state index contributed by atoms with van der Waals surface area (Å²) in [5, 5.41) is 9.03. The van der Waals surface area contributed by atoms with Gasteiger partial charge >= 0.3 is 0 Å². The highest BCUT2D eigenvalue weighted by Crippen LogP contribution is 2.34. The monoisotopic (exact) mass is 263 g/mol. The van der Waals surface area contributed by atoms with E-state index in [1.54, 1.807) is 4.90 Å². The van der Waals surface area contributed by atoms with Gasteiger partial charge in [-0.15, -0.1) is 0 Å². The molecule has 1 aliphatic rings. The molecule has 0 saturated heterocycles. The van der Waals surface area contributed by atoms with Gasteiger partial charge in [-0.3, -0.25) is 4.79 Å². The van der Waals surface area contributed by atoms with Gasteiger partial charge in [-0.1, -0.05) is 31.9 Å². The molecule has 1 aromatic carbocycles. The number of benzene rings is 1. The normalized spacial score (nSPS) is 18.1. The van der Waals surface area contributed by atoms with E-state index >= 15 is 0 Å². The molecule has 1 unspecified atom stereocenters. The van der Waals surface area contributed by atoms with E-state index in [1.807, 2.05) is 24.3 Å². The number of para-hydroxylation sites is 2. The molecule has 1 N–H and O–H groups in total. The molecule has 0 saturated carbocycles. The minimum absolute atomic E-state index is 0.0381. The molecule has 1 heterocycles. The largest absolute Gasteiger partial charge is 0.478 e. The topological polar surface area (TPSA) is 49.8 Å². The van der Waals surface area contributed by atoms with Crippen molar-refractivity contribution in [3.8, 4) is 5.75 Å². The number of unbranched alkanes of at least 4 members (excludes halogenated alkanes) is 2. The van der Waals surface area contributed by atoms with Crippen LogP contribution in [0, 0.1) is 0 Å². The van der Waals surface area contributed by atoms with Gasteiger partial charge in [-0.25, -0.2) is 0 Å². The van der Waals surface area contributed by atoms with Crippen molar-refractivity contribution >= 4 is 11.6 Å². The number of fused-ring (bicyclic) bond motifs is 1. The number of carbonyl (C=O) groups is 1. The third-order valence-corrected chi connectivity index (χ3v) is 3.34. The lowest BCUT2D eigenvalue weighted by molar-refractivity contribution is -0.127. The molecule has 0 radical (unpaired) electrons. The summed E-state index contributed by atoms with van der Waals surface area (Å²) in [6, 6.07) is 7.59. The molecule has 0 bridgehead atoms. The predicted molar refractivity (Wildman–Crippen MR) is 74.4 cm³/mol. The summed E-state index contributed by atoms with van der Waals surface area (Å²) >= 11 is 0. The molecule has 0 fully saturated rings. The molecule has 2 rings (SSSR count). The fourth-order valence-electron chi connectivity index (χ4n) is 2.33. The van der Waals surface area contributed by atoms with Crippen LogP contribution < -0.4 is 9.64 Å². The van der Waals surface area contributed by atoms with Gasteiger partial charge in [0.1, 0.15) is 5.75 Å². The smallest absolute Gasteiger partial charge is 0.268 e. The van der Waals surface area contributed by atoms with Gasteiger partial charge in [0, 0.05) is 19.6 Å². The number of aliphatic hydroxyl groups excluding tert-OH is 1. The number of hydrogen-bond donors (Lipinski definition) is 1. The quantitative estimate of drug-likeness (QED) is 0.801. The summed E-state index contributed by atoms with van der Waals surface area (Å²) in [6.07, 6.45) is 3.01. The molecule has 104 valence electrons. The first-order valence-corrected chi connectivity index (χ1v) is 6.96. The van der Waals surface area contributed by atoms with Crippen molar-refractivity contribution < 1.29 is 14.6 Å². The van der Waals surface area contributed by atoms with Crippen LogP contribution in [0.3, 0.4) is 0 Å². The van der Waals surface area contributed by atoms with E-state index in [-0.39, 0.29) is 12.5 Å². The first-order valence-electron chi connectivity index (χ1n) is 6.96. The third kappa shape index (κ3) is 3.07. The molecule has 19 heavy (non-hydrogen) atoms. The summed E-state index contributed by atoms with van der Waals surface area (Å²) in [4.78, 5) is 14.2. The Hall–Kier alpha value is -1.55. The predicted octanol–water partition coefficient (Wildman–Crippen LogP) is 2.35. The van der Waals surface area contributed by atoms with Crippen LogP contribution in [0.1, 0.15) is 32.6 Å². The summed E-state index contributed by atoms with van der Waals surface area (Å²) in [6.45, 7) is 2.82. The molecule has 1 atom stereocenters. The molecular weight excluding hydrogens is 242 g/mol. The summed E-state index contributed by atoms with van der Waals surface area (Å²) in [7, 11) is 0. The van der Waals surface area contributed by atoms with Crippen molar-refractivity contribution in [2.75, 3.05) is 18.1 Å². The fraction of sp³-hybridized carbons (Fsp3) is 0.533. The molecule has 1 aromatic rings. The first kappa shape index (κ1) is 13.9. The van der Waals surface area contributed by atoms with Gasteiger partial charge in [0.05, 0.1) is 5.69 Å². The summed E-state index contributed by atoms with van der Waals surface area (Å²) in [5.74, 6) is 0.695. The van der Waals surface area contributed by atoms with E-state index in [9.17, 15) is 4.79 Å². The van der Waals surface area contributed by atoms with Gasteiger partial charge in [-0.2, -0.15) is 0 Å². The number of rotatable bonds is 6. The lowest BCUT2D eigenvalue weighted by Crippen LogP contribution is -2.46. The third-order valence-electron chi connectivity index (χ3n) is 3.34. The first-order chi connectivity index (χ1) is 9.27. The van der Waals surface area contributed by atoms with E-state index in [0.717, 1.165) is 37.2 Å². The zero-order valence-electron chi connectivity index (χ0n) is 11.3. The Morgan fingerprint density at radius 2 is 2.11 bits per heavy atom. The van der Waals surface area contributed by atoms with Crippen molar-refractivity contribution in [3.63, 3.8) is 0 Å². The number of hydrogen-bond acceptors (Lipinski definition) is 3. The lowest BCUT2D eigenvalue weighted by atomic mass is 10.1. The van der Waals surface area contributed by atoms with E-state index in [1.165, 1.54) is 0 Å². The summed E-state index contributed by atoms with van der Waals surface area (Å²) < 4.78 is 5.67. The zero-order chi connectivity index (χ0) is 13.7. The van der Waals surface area contributed by atoms with Crippen molar-refractivity contribution in [2.45, 2.75) is 38.7 Å². The highest BCUT2D eigenvalue weighted by atomic mass is 16.5. The van der Waals surface area contributed by atoms with Crippen LogP contribution in [0.5, 0.6) is 5.75 Å². The van der Waals surface area contributed by atoms with Crippen molar-refractivity contribution in [2.24, 2.45) is 0 Å². The highest BCUT2D eigenvalue weighted by molar-refractivity contribution is 5.99. The van der Waals surface area contributed by atoms with Crippen LogP contribution in [0.15, 0.2) is 24.3 Å². The molecule has 0 spiro atoms. The van der Waals surface area contributed by atoms with Gasteiger partial charge in [0.2, 0.25) is 0 Å². The van der Waals surface area contributed by atoms with Crippen LogP contribution >= 0.6 is 0 Å². The minimum atomic E-state index is -0.554. The molecule has 4 nitrogen and oxygen atoms in total. The molecule has 0 aliphatic carbocycles. The number of ether oxygens (including phenoxy) is 1. The maximum absolute atomic E-state index is 12.4. The van der Waals surface area contributed by atoms with Crippen LogP contribution in [-0.2, 0) is 4.79 Å². The second kappa shape index (κ2) is 6.57. The maximum atomic E-state index is 12.4. The van der Waals surface area contributed by atoms with Crippen LogP contribution in [0.4, 0.5) is 5.69 Å². The van der Waals surface area contributed by atoms with Crippen LogP contribution in [0.25, 0.3) is 0 Å². The average molecular weight is 263 g/mol. The van der Waals surface area contributed by atoms with E-state index in [0.29, 0.717) is 6.42 Å². The van der Waals surface area contributed by atoms with E-state index < -0.39 is 6.10 Å². The van der Waals surface area contributed by atoms with Crippen molar-refractivity contribution in [1.29, 1.82) is 0 Å². The van der Waals surface area contributed by atoms with Gasteiger partial charge in [-0.05, 0) is 18.6 Å². The Kier molecular flexibility index (Phi) is 4.80. The molecule has 1 amide bonds. The Balaban J connectivity index is 2.19. The maximum Gasteiger partial charge on any atom is 0.268 e. The zero-order valence-corrected chi connectivity index (χ0v) is 11.3. The summed E-state index contributed by atoms with van der Waals surface area (Å²) in [5.41, 5.74) is 0.845. The second-order valence-electron chi connectivity index (χ2n) is 4.78. The molecule has 0 aromatic heterocycles. The van der Waals surface area contributed by atoms with Crippen molar-refractivity contribution in [3.05, 3.63) is 24.3 Å². The van der Waals surface area contributed by atoms with Gasteiger partial charge < -0.3 is 14.7 Å². The van der Waals surface area contributed by atoms with Crippen molar-refractivity contribution in [1.82, 2.24) is 0 Å². The van der Waals surface area contributed by atoms with Gasteiger partial charge in [0.15, 0.2) is 6.10 Å². The number of amides is 1. The van der Waals surface area contributed by atoms with E-state index in [2.05, 4.69) is 6.92 Å². The number of carbonyl (C=O) groups excluding carboxylic acids is 1. The fourth-order valence-corrected chi connectivity index (χ4v) is 2.33. The number of aliphatic hydroxyl groups is 1. The number of anilines is 1. The standard InChI is InChI=1S/C15H21NO3/c1-2-3-6-10-16-12-7-4-5-8-13(12)19-14(9-11-17)15(16)18/h4-5,7-8,14,17H,2-3,6,9-11H2,1H3. The number of nitrogens with zero attached hydrogens (tertiary/aromatic N) is 1. The van der Waals surface area contributed by atoms with Crippen LogP contribution in [-0.4, -0.2) is 30.3 Å². The van der Waals surface area contributed by atoms with E-state index in [4.69, 9.17) is 9.84 Å². The Morgan fingerprint density at radius 1 is 1.32 bits per heavy atom. The minimum Gasteiger partial charge on any atom is -0.478 e. The molecule has 1 aliphatic heterocycles. The van der Waals surface area contributed by atoms with Crippen LogP contribution in [0.2, 0.25) is 0 Å². The SMILES string of the molecule is CCCCCN1C(=O)C(CCO)Oc2ccccc21. The molecule has 4 heteroatoms. The lowest BCUT2D eigenvalue weighted by Gasteiger charge is -2.34.